The van der Waals surface area contributed by atoms with E-state index in [0.717, 1.165) is 25.0 Å². The van der Waals surface area contributed by atoms with Gasteiger partial charge in [-0.2, -0.15) is 0 Å². The first-order valence-electron chi connectivity index (χ1n) is 6.30. The fourth-order valence-electron chi connectivity index (χ4n) is 1.58. The van der Waals surface area contributed by atoms with Crippen LogP contribution in [0.2, 0.25) is 0 Å². The van der Waals surface area contributed by atoms with Crippen molar-refractivity contribution in [2.75, 3.05) is 18.5 Å². The zero-order chi connectivity index (χ0) is 14.3. The smallest absolute Gasteiger partial charge is 0.292 e. The quantitative estimate of drug-likeness (QED) is 0.447. The van der Waals surface area contributed by atoms with Gasteiger partial charge in [-0.25, -0.2) is 4.39 Å². The summed E-state index contributed by atoms with van der Waals surface area (Å²) in [6, 6.07) is 3.39. The molecule has 0 aliphatic rings. The third kappa shape index (κ3) is 5.65. The van der Waals surface area contributed by atoms with E-state index in [-0.39, 0.29) is 17.5 Å². The van der Waals surface area contributed by atoms with Gasteiger partial charge in [0.25, 0.3) is 5.69 Å². The Morgan fingerprint density at radius 1 is 1.42 bits per heavy atom. The molecule has 0 atom stereocenters. The van der Waals surface area contributed by atoms with Crippen molar-refractivity contribution in [3.63, 3.8) is 0 Å². The summed E-state index contributed by atoms with van der Waals surface area (Å²) in [7, 11) is 0. The lowest BCUT2D eigenvalue weighted by Gasteiger charge is -2.09. The highest BCUT2D eigenvalue weighted by Gasteiger charge is 2.13. The molecule has 0 saturated carbocycles. The van der Waals surface area contributed by atoms with Gasteiger partial charge in [0.2, 0.25) is 0 Å². The van der Waals surface area contributed by atoms with Crippen LogP contribution in [0.4, 0.5) is 15.8 Å². The minimum Gasteiger partial charge on any atom is -0.379 e. The fourth-order valence-corrected chi connectivity index (χ4v) is 1.58. The summed E-state index contributed by atoms with van der Waals surface area (Å²) < 4.78 is 18.4. The van der Waals surface area contributed by atoms with Crippen molar-refractivity contribution in [2.45, 2.75) is 32.8 Å². The fraction of sp³-hybridized carbons (Fsp3) is 0.538. The van der Waals surface area contributed by atoms with Gasteiger partial charge in [0.15, 0.2) is 0 Å². The average molecular weight is 270 g/mol. The van der Waals surface area contributed by atoms with Crippen molar-refractivity contribution >= 4 is 11.4 Å². The maximum absolute atomic E-state index is 13.0. The number of rotatable bonds is 8. The Balaban J connectivity index is 2.40. The average Bonchev–Trinajstić information content (AvgIpc) is 2.33. The zero-order valence-corrected chi connectivity index (χ0v) is 11.2. The predicted octanol–water partition coefficient (Wildman–Crippen LogP) is 3.35. The molecule has 0 aromatic heterocycles. The van der Waals surface area contributed by atoms with Gasteiger partial charge < -0.3 is 10.1 Å². The third-order valence-electron chi connectivity index (χ3n) is 2.49. The highest BCUT2D eigenvalue weighted by atomic mass is 19.1. The molecule has 1 rings (SSSR count). The van der Waals surface area contributed by atoms with E-state index in [2.05, 4.69) is 5.32 Å². The van der Waals surface area contributed by atoms with Gasteiger partial charge >= 0.3 is 0 Å². The Labute approximate surface area is 111 Å². The first-order chi connectivity index (χ1) is 9.00. The molecule has 106 valence electrons. The second-order valence-corrected chi connectivity index (χ2v) is 4.47. The monoisotopic (exact) mass is 270 g/mol. The van der Waals surface area contributed by atoms with Crippen LogP contribution in [0.1, 0.15) is 26.7 Å². The van der Waals surface area contributed by atoms with E-state index in [4.69, 9.17) is 4.74 Å². The Hall–Kier alpha value is -1.69. The van der Waals surface area contributed by atoms with E-state index >= 15 is 0 Å². The molecular formula is C13H19FN2O3. The van der Waals surface area contributed by atoms with Crippen molar-refractivity contribution in [3.8, 4) is 0 Å². The van der Waals surface area contributed by atoms with Crippen LogP contribution in [0.5, 0.6) is 0 Å². The summed E-state index contributed by atoms with van der Waals surface area (Å²) in [4.78, 5) is 10.2. The van der Waals surface area contributed by atoms with Crippen molar-refractivity contribution in [1.82, 2.24) is 0 Å². The number of nitro groups is 1. The molecular weight excluding hydrogens is 251 g/mol. The normalized spacial score (nSPS) is 10.7. The number of nitrogens with one attached hydrogen (secondary N) is 1. The molecule has 0 heterocycles. The molecule has 0 spiro atoms. The molecule has 0 radical (unpaired) electrons. The van der Waals surface area contributed by atoms with E-state index in [1.54, 1.807) is 0 Å². The molecule has 0 fully saturated rings. The number of halogens is 1. The second kappa shape index (κ2) is 7.68. The van der Waals surface area contributed by atoms with E-state index in [0.29, 0.717) is 13.2 Å². The first-order valence-corrected chi connectivity index (χ1v) is 6.30. The van der Waals surface area contributed by atoms with Gasteiger partial charge in [-0.1, -0.05) is 0 Å². The van der Waals surface area contributed by atoms with Crippen molar-refractivity contribution in [2.24, 2.45) is 0 Å². The SMILES string of the molecule is CC(C)OCCCCNc1cc(F)ccc1[N+](=O)[O-]. The van der Waals surface area contributed by atoms with Crippen LogP contribution < -0.4 is 5.32 Å². The molecule has 1 N–H and O–H groups in total. The molecule has 19 heavy (non-hydrogen) atoms. The Morgan fingerprint density at radius 2 is 2.16 bits per heavy atom. The van der Waals surface area contributed by atoms with Crippen LogP contribution in [0.15, 0.2) is 18.2 Å². The van der Waals surface area contributed by atoms with Crippen LogP contribution in [-0.2, 0) is 4.74 Å². The molecule has 1 aromatic carbocycles. The van der Waals surface area contributed by atoms with Gasteiger partial charge in [0.05, 0.1) is 11.0 Å². The number of ether oxygens (including phenoxy) is 1. The number of hydrogen-bond acceptors (Lipinski definition) is 4. The van der Waals surface area contributed by atoms with Crippen molar-refractivity contribution in [3.05, 3.63) is 34.1 Å². The summed E-state index contributed by atoms with van der Waals surface area (Å²) in [5, 5.41) is 13.7. The lowest BCUT2D eigenvalue weighted by atomic mass is 10.2. The topological polar surface area (TPSA) is 64.4 Å². The second-order valence-electron chi connectivity index (χ2n) is 4.47. The summed E-state index contributed by atoms with van der Waals surface area (Å²) in [5.41, 5.74) is 0.106. The molecule has 0 aliphatic heterocycles. The lowest BCUT2D eigenvalue weighted by Crippen LogP contribution is -2.08. The third-order valence-corrected chi connectivity index (χ3v) is 2.49. The Bertz CT molecular complexity index is 424. The van der Waals surface area contributed by atoms with Crippen LogP contribution in [-0.4, -0.2) is 24.2 Å². The van der Waals surface area contributed by atoms with Crippen LogP contribution in [0.25, 0.3) is 0 Å². The van der Waals surface area contributed by atoms with Crippen molar-refractivity contribution in [1.29, 1.82) is 0 Å². The minimum atomic E-state index is -0.524. The molecule has 0 unspecified atom stereocenters. The van der Waals surface area contributed by atoms with E-state index in [1.807, 2.05) is 13.8 Å². The van der Waals surface area contributed by atoms with Gasteiger partial charge in [0.1, 0.15) is 11.5 Å². The zero-order valence-electron chi connectivity index (χ0n) is 11.2. The molecule has 5 nitrogen and oxygen atoms in total. The number of nitro benzene ring substituents is 1. The lowest BCUT2D eigenvalue weighted by molar-refractivity contribution is -0.384. The van der Waals surface area contributed by atoms with Gasteiger partial charge in [-0.15, -0.1) is 0 Å². The van der Waals surface area contributed by atoms with Crippen LogP contribution >= 0.6 is 0 Å². The maximum atomic E-state index is 13.0. The molecule has 6 heteroatoms. The van der Waals surface area contributed by atoms with Gasteiger partial charge in [-0.3, -0.25) is 10.1 Å². The molecule has 0 aliphatic carbocycles. The van der Waals surface area contributed by atoms with Gasteiger partial charge in [0, 0.05) is 25.3 Å². The largest absolute Gasteiger partial charge is 0.379 e. The van der Waals surface area contributed by atoms with Crippen LogP contribution in [0, 0.1) is 15.9 Å². The number of benzene rings is 1. The summed E-state index contributed by atoms with van der Waals surface area (Å²) >= 11 is 0. The van der Waals surface area contributed by atoms with E-state index < -0.39 is 10.7 Å². The highest BCUT2D eigenvalue weighted by molar-refractivity contribution is 5.61. The number of nitrogens with zero attached hydrogens (tertiary/aromatic N) is 1. The predicted molar refractivity (Wildman–Crippen MR) is 71.9 cm³/mol. The van der Waals surface area contributed by atoms with Gasteiger partial charge in [-0.05, 0) is 32.8 Å². The number of unbranched alkanes of at least 4 members (excludes halogenated alkanes) is 1. The van der Waals surface area contributed by atoms with E-state index in [1.165, 1.54) is 6.07 Å². The summed E-state index contributed by atoms with van der Waals surface area (Å²) in [5.74, 6) is -0.490. The molecule has 0 saturated heterocycles. The maximum Gasteiger partial charge on any atom is 0.292 e. The standard InChI is InChI=1S/C13H19FN2O3/c1-10(2)19-8-4-3-7-15-12-9-11(14)5-6-13(12)16(17)18/h5-6,9-10,15H,3-4,7-8H2,1-2H3. The summed E-state index contributed by atoms with van der Waals surface area (Å²) in [6.45, 7) is 5.14. The molecule has 0 bridgehead atoms. The van der Waals surface area contributed by atoms with E-state index in [9.17, 15) is 14.5 Å². The number of anilines is 1. The Kier molecular flexibility index (Phi) is 6.21. The molecule has 0 amide bonds. The van der Waals surface area contributed by atoms with Crippen LogP contribution in [0.3, 0.4) is 0 Å². The van der Waals surface area contributed by atoms with Crippen molar-refractivity contribution < 1.29 is 14.1 Å². The first kappa shape index (κ1) is 15.4. The Morgan fingerprint density at radius 3 is 2.79 bits per heavy atom. The minimum absolute atomic E-state index is 0.111. The molecule has 1 aromatic rings. The highest BCUT2D eigenvalue weighted by Crippen LogP contribution is 2.24. The summed E-state index contributed by atoms with van der Waals surface area (Å²) in [6.07, 6.45) is 1.87. The number of hydrogen-bond donors (Lipinski definition) is 1.